The molecule has 5 rings (SSSR count). The second-order valence-corrected chi connectivity index (χ2v) is 8.38. The van der Waals surface area contributed by atoms with Gasteiger partial charge in [0.1, 0.15) is 0 Å². The molecule has 8 nitrogen and oxygen atoms in total. The number of ether oxygens (including phenoxy) is 1. The number of non-ortho nitro benzene ring substituents is 1. The van der Waals surface area contributed by atoms with Gasteiger partial charge in [-0.3, -0.25) is 15.1 Å². The molecule has 2 aliphatic heterocycles. The third-order valence-electron chi connectivity index (χ3n) is 6.02. The molecule has 1 N–H and O–H groups in total. The van der Waals surface area contributed by atoms with Gasteiger partial charge in [0, 0.05) is 43.4 Å². The number of pyridine rings is 1. The first kappa shape index (κ1) is 20.6. The van der Waals surface area contributed by atoms with Gasteiger partial charge >= 0.3 is 0 Å². The topological polar surface area (TPSA) is 85.5 Å². The zero-order valence-electron chi connectivity index (χ0n) is 17.3. The number of nitro groups is 1. The van der Waals surface area contributed by atoms with Crippen LogP contribution in [0.5, 0.6) is 0 Å². The molecule has 3 atom stereocenters. The quantitative estimate of drug-likeness (QED) is 0.347. The third-order valence-corrected chi connectivity index (χ3v) is 6.38. The predicted molar refractivity (Wildman–Crippen MR) is 124 cm³/mol. The minimum atomic E-state index is -0.376. The van der Waals surface area contributed by atoms with Gasteiger partial charge in [-0.05, 0) is 55.4 Å². The normalized spacial score (nSPS) is 22.8. The molecule has 2 saturated heterocycles. The maximum Gasteiger partial charge on any atom is 0.271 e. The van der Waals surface area contributed by atoms with Crippen LogP contribution in [0.2, 0.25) is 0 Å². The van der Waals surface area contributed by atoms with Crippen LogP contribution in [0, 0.1) is 10.1 Å². The Labute approximate surface area is 191 Å². The Morgan fingerprint density at radius 2 is 2.12 bits per heavy atom. The van der Waals surface area contributed by atoms with Gasteiger partial charge in [-0.15, -0.1) is 0 Å². The Bertz CT molecular complexity index is 1130. The SMILES string of the molecule is O=[N+]([O-])c1cccc(-n2cccc2[C@@H]2[C@H](c3ccccn3)NC(=S)N2C[C@H]2CCCO2)c1. The lowest BCUT2D eigenvalue weighted by Crippen LogP contribution is -2.36. The van der Waals surface area contributed by atoms with Crippen molar-refractivity contribution in [1.29, 1.82) is 0 Å². The minimum absolute atomic E-state index is 0.0553. The van der Waals surface area contributed by atoms with E-state index in [4.69, 9.17) is 17.0 Å². The number of nitrogens with one attached hydrogen (secondary N) is 1. The van der Waals surface area contributed by atoms with Gasteiger partial charge in [0.05, 0.1) is 34.5 Å². The summed E-state index contributed by atoms with van der Waals surface area (Å²) in [6.07, 6.45) is 5.89. The number of nitro benzene ring substituents is 1. The summed E-state index contributed by atoms with van der Waals surface area (Å²) in [4.78, 5) is 17.7. The van der Waals surface area contributed by atoms with Crippen molar-refractivity contribution in [3.05, 3.63) is 88.5 Å². The largest absolute Gasteiger partial charge is 0.376 e. The summed E-state index contributed by atoms with van der Waals surface area (Å²) in [5.74, 6) is 0. The van der Waals surface area contributed by atoms with E-state index in [1.165, 1.54) is 6.07 Å². The first-order chi connectivity index (χ1) is 15.6. The van der Waals surface area contributed by atoms with Gasteiger partial charge in [0.15, 0.2) is 5.11 Å². The highest BCUT2D eigenvalue weighted by molar-refractivity contribution is 7.80. The van der Waals surface area contributed by atoms with Gasteiger partial charge in [-0.1, -0.05) is 12.1 Å². The number of thiocarbonyl (C=S) groups is 1. The lowest BCUT2D eigenvalue weighted by Gasteiger charge is -2.30. The van der Waals surface area contributed by atoms with Crippen molar-refractivity contribution in [3.8, 4) is 5.69 Å². The summed E-state index contributed by atoms with van der Waals surface area (Å²) < 4.78 is 7.89. The molecule has 0 saturated carbocycles. The highest BCUT2D eigenvalue weighted by Crippen LogP contribution is 2.40. The van der Waals surface area contributed by atoms with E-state index in [1.54, 1.807) is 18.3 Å². The van der Waals surface area contributed by atoms with Crippen molar-refractivity contribution in [2.45, 2.75) is 31.0 Å². The molecule has 0 amide bonds. The molecule has 0 spiro atoms. The fourth-order valence-electron chi connectivity index (χ4n) is 4.56. The summed E-state index contributed by atoms with van der Waals surface area (Å²) in [5.41, 5.74) is 2.65. The molecule has 1 aromatic carbocycles. The number of hydrogen-bond donors (Lipinski definition) is 1. The van der Waals surface area contributed by atoms with Crippen LogP contribution in [0.15, 0.2) is 67.0 Å². The molecule has 2 aliphatic rings. The Hall–Kier alpha value is -3.30. The van der Waals surface area contributed by atoms with E-state index >= 15 is 0 Å². The van der Waals surface area contributed by atoms with Crippen molar-refractivity contribution in [2.75, 3.05) is 13.2 Å². The van der Waals surface area contributed by atoms with Crippen LogP contribution in [-0.4, -0.2) is 43.7 Å². The summed E-state index contributed by atoms with van der Waals surface area (Å²) in [6.45, 7) is 1.46. The predicted octanol–water partition coefficient (Wildman–Crippen LogP) is 3.93. The van der Waals surface area contributed by atoms with Crippen molar-refractivity contribution in [1.82, 2.24) is 19.8 Å². The average Bonchev–Trinajstić information content (AvgIpc) is 3.56. The number of hydrogen-bond acceptors (Lipinski definition) is 5. The van der Waals surface area contributed by atoms with Crippen LogP contribution < -0.4 is 5.32 Å². The van der Waals surface area contributed by atoms with Crippen molar-refractivity contribution in [3.63, 3.8) is 0 Å². The molecule has 3 aromatic rings. The van der Waals surface area contributed by atoms with Crippen molar-refractivity contribution < 1.29 is 9.66 Å². The molecule has 9 heteroatoms. The third kappa shape index (κ3) is 3.85. The Kier molecular flexibility index (Phi) is 5.59. The van der Waals surface area contributed by atoms with Crippen LogP contribution >= 0.6 is 12.2 Å². The zero-order valence-corrected chi connectivity index (χ0v) is 18.1. The standard InChI is InChI=1S/C23H23N5O3S/c29-28(30)17-7-3-6-16(14-17)26-12-4-10-20(26)22-21(19-9-1-2-11-24-19)25-23(32)27(22)15-18-8-5-13-31-18/h1-4,6-7,9-12,14,18,21-22H,5,8,13,15H2,(H,25,32)/t18-,21+,22-/m1/s1. The van der Waals surface area contributed by atoms with E-state index in [1.807, 2.05) is 47.2 Å². The first-order valence-corrected chi connectivity index (χ1v) is 11.0. The lowest BCUT2D eigenvalue weighted by molar-refractivity contribution is -0.384. The second-order valence-electron chi connectivity index (χ2n) is 7.99. The van der Waals surface area contributed by atoms with E-state index in [-0.39, 0.29) is 28.8 Å². The van der Waals surface area contributed by atoms with Gasteiger partial charge in [-0.25, -0.2) is 0 Å². The molecule has 0 unspecified atom stereocenters. The summed E-state index contributed by atoms with van der Waals surface area (Å²) >= 11 is 5.75. The van der Waals surface area contributed by atoms with Gasteiger partial charge in [0.2, 0.25) is 0 Å². The van der Waals surface area contributed by atoms with Crippen LogP contribution in [-0.2, 0) is 4.74 Å². The lowest BCUT2D eigenvalue weighted by atomic mass is 10.0. The zero-order chi connectivity index (χ0) is 22.1. The highest BCUT2D eigenvalue weighted by Gasteiger charge is 2.42. The fraction of sp³-hybridized carbons (Fsp3) is 0.304. The first-order valence-electron chi connectivity index (χ1n) is 10.6. The van der Waals surface area contributed by atoms with Crippen LogP contribution in [0.25, 0.3) is 5.69 Å². The van der Waals surface area contributed by atoms with Gasteiger partial charge in [-0.2, -0.15) is 0 Å². The Balaban J connectivity index is 1.57. The number of aromatic nitrogens is 2. The molecule has 2 aromatic heterocycles. The van der Waals surface area contributed by atoms with E-state index in [0.29, 0.717) is 11.7 Å². The fourth-order valence-corrected chi connectivity index (χ4v) is 4.87. The maximum atomic E-state index is 11.3. The molecule has 0 aliphatic carbocycles. The number of nitrogens with zero attached hydrogens (tertiary/aromatic N) is 4. The van der Waals surface area contributed by atoms with Gasteiger partial charge in [0.25, 0.3) is 5.69 Å². The molecular weight excluding hydrogens is 426 g/mol. The van der Waals surface area contributed by atoms with Crippen LogP contribution in [0.1, 0.15) is 36.3 Å². The van der Waals surface area contributed by atoms with Crippen LogP contribution in [0.3, 0.4) is 0 Å². The highest BCUT2D eigenvalue weighted by atomic mass is 32.1. The van der Waals surface area contributed by atoms with Crippen molar-refractivity contribution >= 4 is 23.0 Å². The minimum Gasteiger partial charge on any atom is -0.376 e. The number of rotatable bonds is 6. The molecule has 2 fully saturated rings. The van der Waals surface area contributed by atoms with E-state index in [9.17, 15) is 10.1 Å². The Morgan fingerprint density at radius 3 is 2.88 bits per heavy atom. The average molecular weight is 450 g/mol. The molecule has 4 heterocycles. The molecule has 0 bridgehead atoms. The number of benzene rings is 1. The van der Waals surface area contributed by atoms with E-state index < -0.39 is 0 Å². The maximum absolute atomic E-state index is 11.3. The van der Waals surface area contributed by atoms with Crippen molar-refractivity contribution in [2.24, 2.45) is 0 Å². The summed E-state index contributed by atoms with van der Waals surface area (Å²) in [7, 11) is 0. The smallest absolute Gasteiger partial charge is 0.271 e. The van der Waals surface area contributed by atoms with Crippen LogP contribution in [0.4, 0.5) is 5.69 Å². The molecular formula is C23H23N5O3S. The second kappa shape index (κ2) is 8.68. The summed E-state index contributed by atoms with van der Waals surface area (Å²) in [6, 6.07) is 16.2. The summed E-state index contributed by atoms with van der Waals surface area (Å²) in [5, 5.41) is 15.4. The monoisotopic (exact) mass is 449 g/mol. The van der Waals surface area contributed by atoms with Gasteiger partial charge < -0.3 is 19.5 Å². The molecule has 32 heavy (non-hydrogen) atoms. The molecule has 0 radical (unpaired) electrons. The Morgan fingerprint density at radius 1 is 1.22 bits per heavy atom. The molecule has 164 valence electrons. The van der Waals surface area contributed by atoms with E-state index in [0.717, 1.165) is 36.5 Å². The van der Waals surface area contributed by atoms with E-state index in [2.05, 4.69) is 15.2 Å².